The minimum absolute atomic E-state index is 0.209. The Labute approximate surface area is 120 Å². The fourth-order valence-electron chi connectivity index (χ4n) is 1.66. The Morgan fingerprint density at radius 1 is 1.38 bits per heavy atom. The lowest BCUT2D eigenvalue weighted by Crippen LogP contribution is -2.15. The molecule has 0 saturated heterocycles. The lowest BCUT2D eigenvalue weighted by molar-refractivity contribution is -0.138. The Hall–Kier alpha value is -1.76. The fourth-order valence-corrected chi connectivity index (χ4v) is 1.66. The predicted octanol–water partition coefficient (Wildman–Crippen LogP) is 3.49. The van der Waals surface area contributed by atoms with Crippen LogP contribution in [0.4, 0.5) is 18.9 Å². The zero-order valence-electron chi connectivity index (χ0n) is 11.8. The third-order valence-corrected chi connectivity index (χ3v) is 2.58. The summed E-state index contributed by atoms with van der Waals surface area (Å²) in [5.41, 5.74) is -1.72. The summed E-state index contributed by atoms with van der Waals surface area (Å²) < 4.78 is 43.7. The van der Waals surface area contributed by atoms with E-state index < -0.39 is 23.3 Å². The number of carbonyl (C=O) groups is 1. The van der Waals surface area contributed by atoms with E-state index in [2.05, 4.69) is 5.32 Å². The molecule has 0 atom stereocenters. The van der Waals surface area contributed by atoms with E-state index in [1.807, 2.05) is 13.8 Å². The van der Waals surface area contributed by atoms with Crippen molar-refractivity contribution in [2.45, 2.75) is 20.0 Å². The number of carboxylic acid groups (broad SMARTS) is 1. The molecule has 1 aromatic carbocycles. The molecule has 0 bridgehead atoms. The highest BCUT2D eigenvalue weighted by Crippen LogP contribution is 2.33. The van der Waals surface area contributed by atoms with Crippen LogP contribution in [-0.2, 0) is 10.9 Å². The van der Waals surface area contributed by atoms with Gasteiger partial charge in [0.05, 0.1) is 17.7 Å². The average molecular weight is 305 g/mol. The number of benzene rings is 1. The molecule has 0 aliphatic heterocycles. The van der Waals surface area contributed by atoms with Gasteiger partial charge < -0.3 is 15.2 Å². The van der Waals surface area contributed by atoms with Crippen molar-refractivity contribution >= 4 is 11.7 Å². The Balaban J connectivity index is 2.71. The van der Waals surface area contributed by atoms with E-state index in [1.165, 1.54) is 6.07 Å². The summed E-state index contributed by atoms with van der Waals surface area (Å²) in [6.45, 7) is 5.27. The molecule has 21 heavy (non-hydrogen) atoms. The molecule has 0 heterocycles. The van der Waals surface area contributed by atoms with Gasteiger partial charge in [-0.1, -0.05) is 13.8 Å². The van der Waals surface area contributed by atoms with Gasteiger partial charge in [-0.05, 0) is 24.1 Å². The quantitative estimate of drug-likeness (QED) is 0.757. The van der Waals surface area contributed by atoms with Crippen LogP contribution in [0.5, 0.6) is 0 Å². The summed E-state index contributed by atoms with van der Waals surface area (Å²) in [5, 5.41) is 11.6. The number of anilines is 1. The lowest BCUT2D eigenvalue weighted by Gasteiger charge is -2.13. The molecule has 0 amide bonds. The van der Waals surface area contributed by atoms with Crippen molar-refractivity contribution in [1.29, 1.82) is 0 Å². The van der Waals surface area contributed by atoms with Crippen molar-refractivity contribution in [2.75, 3.05) is 25.1 Å². The Morgan fingerprint density at radius 2 is 2.05 bits per heavy atom. The first-order valence-electron chi connectivity index (χ1n) is 6.48. The van der Waals surface area contributed by atoms with Gasteiger partial charge in [-0.2, -0.15) is 13.2 Å². The molecule has 0 unspecified atom stereocenters. The molecule has 2 N–H and O–H groups in total. The van der Waals surface area contributed by atoms with E-state index in [0.717, 1.165) is 12.1 Å². The van der Waals surface area contributed by atoms with Crippen molar-refractivity contribution in [2.24, 2.45) is 5.92 Å². The molecule has 0 aliphatic carbocycles. The average Bonchev–Trinajstić information content (AvgIpc) is 2.36. The Morgan fingerprint density at radius 3 is 2.57 bits per heavy atom. The summed E-state index contributed by atoms with van der Waals surface area (Å²) in [6.07, 6.45) is -4.71. The van der Waals surface area contributed by atoms with Gasteiger partial charge in [0.1, 0.15) is 0 Å². The Kier molecular flexibility index (Phi) is 6.02. The Bertz CT molecular complexity index is 487. The summed E-state index contributed by atoms with van der Waals surface area (Å²) in [5.74, 6) is -1.22. The second-order valence-corrected chi connectivity index (χ2v) is 4.96. The third kappa shape index (κ3) is 5.63. The number of alkyl halides is 3. The molecule has 1 rings (SSSR count). The number of halogens is 3. The van der Waals surface area contributed by atoms with E-state index in [4.69, 9.17) is 9.84 Å². The van der Waals surface area contributed by atoms with Crippen molar-refractivity contribution in [3.05, 3.63) is 29.3 Å². The monoisotopic (exact) mass is 305 g/mol. The highest BCUT2D eigenvalue weighted by Gasteiger charge is 2.35. The number of aromatic carboxylic acids is 1. The SMILES string of the molecule is CC(C)COCCNc1ccc(C(=O)O)c(C(F)(F)F)c1. The first-order chi connectivity index (χ1) is 9.71. The molecule has 118 valence electrons. The van der Waals surface area contributed by atoms with E-state index in [0.29, 0.717) is 25.7 Å². The highest BCUT2D eigenvalue weighted by molar-refractivity contribution is 5.90. The molecule has 7 heteroatoms. The maximum Gasteiger partial charge on any atom is 0.417 e. The maximum atomic E-state index is 12.8. The minimum atomic E-state index is -4.71. The van der Waals surface area contributed by atoms with Crippen LogP contribution in [0.2, 0.25) is 0 Å². The van der Waals surface area contributed by atoms with Crippen LogP contribution in [0.1, 0.15) is 29.8 Å². The molecule has 0 saturated carbocycles. The van der Waals surface area contributed by atoms with Gasteiger partial charge in [-0.3, -0.25) is 0 Å². The second kappa shape index (κ2) is 7.31. The maximum absolute atomic E-state index is 12.8. The largest absolute Gasteiger partial charge is 0.478 e. The van der Waals surface area contributed by atoms with Crippen LogP contribution in [0.15, 0.2) is 18.2 Å². The van der Waals surface area contributed by atoms with Gasteiger partial charge >= 0.3 is 12.1 Å². The number of ether oxygens (including phenoxy) is 1. The molecule has 4 nitrogen and oxygen atoms in total. The molecule has 0 fully saturated rings. The van der Waals surface area contributed by atoms with E-state index in [9.17, 15) is 18.0 Å². The molecule has 1 aromatic rings. The smallest absolute Gasteiger partial charge is 0.417 e. The first-order valence-corrected chi connectivity index (χ1v) is 6.48. The van der Waals surface area contributed by atoms with Crippen LogP contribution >= 0.6 is 0 Å². The molecule has 0 spiro atoms. The lowest BCUT2D eigenvalue weighted by atomic mass is 10.1. The van der Waals surface area contributed by atoms with Gasteiger partial charge in [0.25, 0.3) is 0 Å². The van der Waals surface area contributed by atoms with Crippen LogP contribution in [0.25, 0.3) is 0 Å². The third-order valence-electron chi connectivity index (χ3n) is 2.58. The molecule has 0 radical (unpaired) electrons. The molecule has 0 aromatic heterocycles. The van der Waals surface area contributed by atoms with Gasteiger partial charge in [0.15, 0.2) is 0 Å². The van der Waals surface area contributed by atoms with Crippen molar-refractivity contribution < 1.29 is 27.8 Å². The normalized spacial score (nSPS) is 11.7. The van der Waals surface area contributed by atoms with Crippen molar-refractivity contribution in [3.63, 3.8) is 0 Å². The zero-order chi connectivity index (χ0) is 16.0. The number of hydrogen-bond acceptors (Lipinski definition) is 3. The fraction of sp³-hybridized carbons (Fsp3) is 0.500. The van der Waals surface area contributed by atoms with Crippen LogP contribution in [0.3, 0.4) is 0 Å². The van der Waals surface area contributed by atoms with Crippen LogP contribution < -0.4 is 5.32 Å². The standard InChI is InChI=1S/C14H18F3NO3/c1-9(2)8-21-6-5-18-10-3-4-11(13(19)20)12(7-10)14(15,16)17/h3-4,7,9,18H,5-6,8H2,1-2H3,(H,19,20). The summed E-state index contributed by atoms with van der Waals surface area (Å²) in [6, 6.07) is 3.05. The van der Waals surface area contributed by atoms with E-state index in [1.54, 1.807) is 0 Å². The second-order valence-electron chi connectivity index (χ2n) is 4.96. The number of nitrogens with one attached hydrogen (secondary N) is 1. The molecular weight excluding hydrogens is 287 g/mol. The first kappa shape index (κ1) is 17.3. The summed E-state index contributed by atoms with van der Waals surface area (Å²) in [7, 11) is 0. The predicted molar refractivity (Wildman–Crippen MR) is 72.6 cm³/mol. The van der Waals surface area contributed by atoms with Crippen LogP contribution in [-0.4, -0.2) is 30.8 Å². The molecular formula is C14H18F3NO3. The van der Waals surface area contributed by atoms with Crippen molar-refractivity contribution in [3.8, 4) is 0 Å². The molecule has 0 aliphatic rings. The number of carboxylic acids is 1. The topological polar surface area (TPSA) is 58.6 Å². The number of rotatable bonds is 7. The zero-order valence-corrected chi connectivity index (χ0v) is 11.8. The summed E-state index contributed by atoms with van der Waals surface area (Å²) in [4.78, 5) is 10.8. The highest BCUT2D eigenvalue weighted by atomic mass is 19.4. The van der Waals surface area contributed by atoms with Crippen LogP contribution in [0, 0.1) is 5.92 Å². The van der Waals surface area contributed by atoms with Gasteiger partial charge in [-0.25, -0.2) is 4.79 Å². The van der Waals surface area contributed by atoms with Crippen molar-refractivity contribution in [1.82, 2.24) is 0 Å². The number of hydrogen-bond donors (Lipinski definition) is 2. The van der Waals surface area contributed by atoms with Gasteiger partial charge in [0.2, 0.25) is 0 Å². The van der Waals surface area contributed by atoms with E-state index >= 15 is 0 Å². The minimum Gasteiger partial charge on any atom is -0.478 e. The van der Waals surface area contributed by atoms with E-state index in [-0.39, 0.29) is 5.69 Å². The van der Waals surface area contributed by atoms with Gasteiger partial charge in [0, 0.05) is 18.8 Å². The summed E-state index contributed by atoms with van der Waals surface area (Å²) >= 11 is 0. The van der Waals surface area contributed by atoms with Gasteiger partial charge in [-0.15, -0.1) is 0 Å².